The molecule has 0 aliphatic rings. The topological polar surface area (TPSA) is 75.6 Å². The standard InChI is InChI=1S/C8H13NO4S/c1-8(2,3)13-9-6(7(11)12)5(14)4-10/h6,9,14H,1-3H3,(H,11,12)/t6-/m0/s1. The zero-order valence-electron chi connectivity index (χ0n) is 8.20. The second-order valence-electron chi connectivity index (χ2n) is 3.59. The molecule has 0 fully saturated rings. The number of carbonyl (C=O) groups is 1. The van der Waals surface area contributed by atoms with Crippen molar-refractivity contribution in [1.82, 2.24) is 5.48 Å². The van der Waals surface area contributed by atoms with E-state index < -0.39 is 17.6 Å². The fourth-order valence-corrected chi connectivity index (χ4v) is 0.681. The third-order valence-corrected chi connectivity index (χ3v) is 1.46. The molecule has 5 nitrogen and oxygen atoms in total. The number of carboxylic acid groups (broad SMARTS) is 1. The summed E-state index contributed by atoms with van der Waals surface area (Å²) in [5.74, 6) is 0.143. The molecule has 0 aliphatic carbocycles. The van der Waals surface area contributed by atoms with Crippen molar-refractivity contribution in [3.05, 3.63) is 4.91 Å². The highest BCUT2D eigenvalue weighted by Crippen LogP contribution is 2.08. The lowest BCUT2D eigenvalue weighted by atomic mass is 10.2. The van der Waals surface area contributed by atoms with Crippen molar-refractivity contribution in [2.75, 3.05) is 0 Å². The van der Waals surface area contributed by atoms with Gasteiger partial charge in [0.2, 0.25) is 0 Å². The van der Waals surface area contributed by atoms with Crippen molar-refractivity contribution in [3.63, 3.8) is 0 Å². The molecule has 1 atom stereocenters. The number of hydrogen-bond donors (Lipinski definition) is 3. The number of hydroxylamine groups is 1. The molecule has 0 saturated heterocycles. The molecule has 0 radical (unpaired) electrons. The maximum atomic E-state index is 10.6. The number of hydrogen-bond acceptors (Lipinski definition) is 5. The van der Waals surface area contributed by atoms with Crippen molar-refractivity contribution in [1.29, 1.82) is 0 Å². The fraction of sp³-hybridized carbons (Fsp3) is 0.625. The van der Waals surface area contributed by atoms with Crippen molar-refractivity contribution < 1.29 is 19.5 Å². The molecule has 0 amide bonds. The van der Waals surface area contributed by atoms with Crippen LogP contribution in [0.5, 0.6) is 0 Å². The average Bonchev–Trinajstić information content (AvgIpc) is 2.01. The molecule has 0 aromatic carbocycles. The molecule has 0 spiro atoms. The molecular formula is C8H13NO4S. The van der Waals surface area contributed by atoms with Crippen LogP contribution in [-0.4, -0.2) is 28.7 Å². The molecule has 0 aromatic heterocycles. The number of carboxylic acids is 1. The molecule has 2 N–H and O–H groups in total. The normalized spacial score (nSPS) is 13.1. The van der Waals surface area contributed by atoms with E-state index in [0.29, 0.717) is 0 Å². The first kappa shape index (κ1) is 13.2. The Morgan fingerprint density at radius 1 is 1.57 bits per heavy atom. The van der Waals surface area contributed by atoms with Gasteiger partial charge in [0.05, 0.1) is 10.5 Å². The minimum absolute atomic E-state index is 0.262. The van der Waals surface area contributed by atoms with Crippen LogP contribution in [0.1, 0.15) is 20.8 Å². The molecule has 6 heteroatoms. The second-order valence-corrected chi connectivity index (χ2v) is 4.07. The van der Waals surface area contributed by atoms with Crippen LogP contribution in [0.15, 0.2) is 4.91 Å². The second kappa shape index (κ2) is 5.17. The smallest absolute Gasteiger partial charge is 0.328 e. The summed E-state index contributed by atoms with van der Waals surface area (Å²) in [6.07, 6.45) is 0. The molecule has 0 bridgehead atoms. The Labute approximate surface area is 87.5 Å². The van der Waals surface area contributed by atoms with Crippen LogP contribution in [0.2, 0.25) is 0 Å². The highest BCUT2D eigenvalue weighted by molar-refractivity contribution is 7.85. The molecular weight excluding hydrogens is 206 g/mol. The Morgan fingerprint density at radius 3 is 2.36 bits per heavy atom. The summed E-state index contributed by atoms with van der Waals surface area (Å²) in [7, 11) is 0. The maximum Gasteiger partial charge on any atom is 0.328 e. The van der Waals surface area contributed by atoms with Gasteiger partial charge in [-0.2, -0.15) is 5.48 Å². The number of rotatable bonds is 4. The first-order chi connectivity index (χ1) is 6.28. The van der Waals surface area contributed by atoms with Crippen LogP contribution in [0.25, 0.3) is 0 Å². The van der Waals surface area contributed by atoms with Crippen LogP contribution in [-0.2, 0) is 14.4 Å². The number of nitrogens with one attached hydrogen (secondary N) is 1. The zero-order valence-corrected chi connectivity index (χ0v) is 9.09. The SMILES string of the molecule is CC(C)(C)ON[C@H](C(=O)O)C(S)=C=O. The lowest BCUT2D eigenvalue weighted by molar-refractivity contribution is -0.147. The molecule has 0 unspecified atom stereocenters. The monoisotopic (exact) mass is 219 g/mol. The van der Waals surface area contributed by atoms with Gasteiger partial charge in [0, 0.05) is 0 Å². The minimum Gasteiger partial charge on any atom is -0.480 e. The Hall–Kier alpha value is -0.810. The van der Waals surface area contributed by atoms with Gasteiger partial charge in [-0.3, -0.25) is 9.63 Å². The summed E-state index contributed by atoms with van der Waals surface area (Å²) < 4.78 is 0. The summed E-state index contributed by atoms with van der Waals surface area (Å²) >= 11 is 3.66. The van der Waals surface area contributed by atoms with Gasteiger partial charge in [0.15, 0.2) is 6.04 Å². The zero-order chi connectivity index (χ0) is 11.4. The van der Waals surface area contributed by atoms with E-state index in [1.165, 1.54) is 5.94 Å². The molecule has 0 aliphatic heterocycles. The summed E-state index contributed by atoms with van der Waals surface area (Å²) in [5, 5.41) is 8.68. The highest BCUT2D eigenvalue weighted by atomic mass is 32.1. The van der Waals surface area contributed by atoms with Gasteiger partial charge in [-0.05, 0) is 20.8 Å². The summed E-state index contributed by atoms with van der Waals surface area (Å²) in [4.78, 5) is 25.5. The lowest BCUT2D eigenvalue weighted by Crippen LogP contribution is -2.41. The number of carbonyl (C=O) groups excluding carboxylic acids is 1. The molecule has 0 heterocycles. The Morgan fingerprint density at radius 2 is 2.07 bits per heavy atom. The predicted octanol–water partition coefficient (Wildman–Crippen LogP) is 0.405. The van der Waals surface area contributed by atoms with E-state index in [0.717, 1.165) is 0 Å². The third-order valence-electron chi connectivity index (χ3n) is 1.11. The number of aliphatic carboxylic acids is 1. The minimum atomic E-state index is -1.28. The van der Waals surface area contributed by atoms with E-state index in [1.807, 2.05) is 0 Å². The van der Waals surface area contributed by atoms with Crippen LogP contribution < -0.4 is 5.48 Å². The van der Waals surface area contributed by atoms with Gasteiger partial charge < -0.3 is 5.11 Å². The van der Waals surface area contributed by atoms with Crippen molar-refractivity contribution in [2.45, 2.75) is 32.4 Å². The van der Waals surface area contributed by atoms with Crippen LogP contribution in [0.4, 0.5) is 0 Å². The first-order valence-corrected chi connectivity index (χ1v) is 4.33. The Kier molecular flexibility index (Phi) is 4.87. The molecule has 80 valence electrons. The van der Waals surface area contributed by atoms with Crippen molar-refractivity contribution in [2.24, 2.45) is 0 Å². The quantitative estimate of drug-likeness (QED) is 0.362. The van der Waals surface area contributed by atoms with Crippen LogP contribution in [0, 0.1) is 0 Å². The first-order valence-electron chi connectivity index (χ1n) is 3.88. The molecule has 0 aromatic rings. The Bertz CT molecular complexity index is 265. The summed E-state index contributed by atoms with van der Waals surface area (Å²) in [5.41, 5.74) is 1.68. The third kappa shape index (κ3) is 5.04. The van der Waals surface area contributed by atoms with E-state index in [9.17, 15) is 9.59 Å². The van der Waals surface area contributed by atoms with E-state index in [-0.39, 0.29) is 4.91 Å². The predicted molar refractivity (Wildman–Crippen MR) is 53.6 cm³/mol. The number of thiol groups is 1. The highest BCUT2D eigenvalue weighted by Gasteiger charge is 2.23. The fourth-order valence-electron chi connectivity index (χ4n) is 0.518. The van der Waals surface area contributed by atoms with E-state index in [2.05, 4.69) is 18.1 Å². The van der Waals surface area contributed by atoms with E-state index >= 15 is 0 Å². The van der Waals surface area contributed by atoms with Crippen LogP contribution in [0.3, 0.4) is 0 Å². The average molecular weight is 219 g/mol. The molecule has 14 heavy (non-hydrogen) atoms. The Balaban J connectivity index is 4.42. The summed E-state index contributed by atoms with van der Waals surface area (Å²) in [6.45, 7) is 5.21. The van der Waals surface area contributed by atoms with Gasteiger partial charge in [0.1, 0.15) is 5.94 Å². The van der Waals surface area contributed by atoms with E-state index in [4.69, 9.17) is 9.94 Å². The van der Waals surface area contributed by atoms with Crippen molar-refractivity contribution >= 4 is 24.5 Å². The van der Waals surface area contributed by atoms with Gasteiger partial charge in [0.25, 0.3) is 0 Å². The van der Waals surface area contributed by atoms with Gasteiger partial charge >= 0.3 is 5.97 Å². The van der Waals surface area contributed by atoms with Gasteiger partial charge in [-0.1, -0.05) is 0 Å². The van der Waals surface area contributed by atoms with Gasteiger partial charge in [-0.15, -0.1) is 12.6 Å². The van der Waals surface area contributed by atoms with Gasteiger partial charge in [-0.25, -0.2) is 4.79 Å². The maximum absolute atomic E-state index is 10.6. The summed E-state index contributed by atoms with van der Waals surface area (Å²) in [6, 6.07) is -1.28. The van der Waals surface area contributed by atoms with Crippen molar-refractivity contribution in [3.8, 4) is 0 Å². The molecule has 0 rings (SSSR count). The molecule has 0 saturated carbocycles. The van der Waals surface area contributed by atoms with Crippen LogP contribution >= 0.6 is 12.6 Å². The largest absolute Gasteiger partial charge is 0.480 e. The van der Waals surface area contributed by atoms with E-state index in [1.54, 1.807) is 20.8 Å². The lowest BCUT2D eigenvalue weighted by Gasteiger charge is -2.22.